The number of benzene rings is 1. The molecule has 2 nitrogen and oxygen atoms in total. The Morgan fingerprint density at radius 3 is 2.71 bits per heavy atom. The standard InChI is InChI=1S/C15H24N2/c1-12-6-4-5-7-13(12)10-17-9-8-14(16)15(2,3)11-17/h4-7,14H,8-11,16H2,1-3H3. The van der Waals surface area contributed by atoms with Gasteiger partial charge in [-0.2, -0.15) is 0 Å². The fourth-order valence-corrected chi connectivity index (χ4v) is 2.65. The van der Waals surface area contributed by atoms with Crippen LogP contribution in [0.4, 0.5) is 0 Å². The molecule has 1 unspecified atom stereocenters. The number of piperidine rings is 1. The first-order valence-corrected chi connectivity index (χ1v) is 6.51. The molecule has 0 radical (unpaired) electrons. The number of hydrogen-bond acceptors (Lipinski definition) is 2. The predicted octanol–water partition coefficient (Wildman–Crippen LogP) is 2.55. The molecule has 0 aliphatic carbocycles. The molecule has 2 heteroatoms. The maximum absolute atomic E-state index is 6.17. The summed E-state index contributed by atoms with van der Waals surface area (Å²) in [4.78, 5) is 2.53. The van der Waals surface area contributed by atoms with Gasteiger partial charge in [0.1, 0.15) is 0 Å². The van der Waals surface area contributed by atoms with E-state index in [2.05, 4.69) is 49.9 Å². The van der Waals surface area contributed by atoms with Crippen molar-refractivity contribution in [1.82, 2.24) is 4.90 Å². The predicted molar refractivity (Wildman–Crippen MR) is 72.8 cm³/mol. The average Bonchev–Trinajstić information content (AvgIpc) is 2.26. The topological polar surface area (TPSA) is 29.3 Å². The molecule has 0 aromatic heterocycles. The second kappa shape index (κ2) is 4.79. The first kappa shape index (κ1) is 12.6. The molecule has 0 amide bonds. The lowest BCUT2D eigenvalue weighted by Crippen LogP contribution is -2.52. The molecule has 1 aliphatic heterocycles. The van der Waals surface area contributed by atoms with Crippen LogP contribution in [-0.4, -0.2) is 24.0 Å². The van der Waals surface area contributed by atoms with E-state index in [4.69, 9.17) is 5.73 Å². The van der Waals surface area contributed by atoms with Gasteiger partial charge in [0.25, 0.3) is 0 Å². The lowest BCUT2D eigenvalue weighted by Gasteiger charge is -2.42. The molecule has 0 bridgehead atoms. The molecular weight excluding hydrogens is 208 g/mol. The van der Waals surface area contributed by atoms with E-state index in [9.17, 15) is 0 Å². The second-order valence-electron chi connectivity index (χ2n) is 6.02. The van der Waals surface area contributed by atoms with Crippen LogP contribution < -0.4 is 5.73 Å². The Kier molecular flexibility index (Phi) is 3.55. The third-order valence-corrected chi connectivity index (χ3v) is 4.05. The third kappa shape index (κ3) is 2.88. The van der Waals surface area contributed by atoms with E-state index in [0.29, 0.717) is 6.04 Å². The first-order valence-electron chi connectivity index (χ1n) is 6.51. The number of rotatable bonds is 2. The minimum Gasteiger partial charge on any atom is -0.327 e. The average molecular weight is 232 g/mol. The number of aryl methyl sites for hydroxylation is 1. The van der Waals surface area contributed by atoms with Crippen molar-refractivity contribution in [1.29, 1.82) is 0 Å². The minimum absolute atomic E-state index is 0.237. The van der Waals surface area contributed by atoms with E-state index in [1.165, 1.54) is 11.1 Å². The Morgan fingerprint density at radius 2 is 2.06 bits per heavy atom. The molecule has 0 spiro atoms. The number of nitrogens with two attached hydrogens (primary N) is 1. The van der Waals surface area contributed by atoms with Gasteiger partial charge in [-0.05, 0) is 29.9 Å². The Labute approximate surface area is 105 Å². The van der Waals surface area contributed by atoms with Crippen LogP contribution in [0.25, 0.3) is 0 Å². The van der Waals surface area contributed by atoms with E-state index in [0.717, 1.165) is 26.1 Å². The fourth-order valence-electron chi connectivity index (χ4n) is 2.65. The maximum atomic E-state index is 6.17. The van der Waals surface area contributed by atoms with Gasteiger partial charge in [-0.1, -0.05) is 38.1 Å². The quantitative estimate of drug-likeness (QED) is 0.849. The van der Waals surface area contributed by atoms with Crippen molar-refractivity contribution >= 4 is 0 Å². The Hall–Kier alpha value is -0.860. The zero-order chi connectivity index (χ0) is 12.5. The highest BCUT2D eigenvalue weighted by molar-refractivity contribution is 5.25. The molecule has 1 aromatic carbocycles. The number of hydrogen-bond donors (Lipinski definition) is 1. The van der Waals surface area contributed by atoms with Crippen molar-refractivity contribution in [3.63, 3.8) is 0 Å². The highest BCUT2D eigenvalue weighted by Crippen LogP contribution is 2.28. The van der Waals surface area contributed by atoms with E-state index >= 15 is 0 Å². The summed E-state index contributed by atoms with van der Waals surface area (Å²) in [6.07, 6.45) is 1.11. The second-order valence-corrected chi connectivity index (χ2v) is 6.02. The van der Waals surface area contributed by atoms with Crippen LogP contribution in [0.5, 0.6) is 0 Å². The summed E-state index contributed by atoms with van der Waals surface area (Å²) >= 11 is 0. The lowest BCUT2D eigenvalue weighted by atomic mass is 9.79. The van der Waals surface area contributed by atoms with E-state index in [-0.39, 0.29) is 5.41 Å². The summed E-state index contributed by atoms with van der Waals surface area (Å²) in [7, 11) is 0. The van der Waals surface area contributed by atoms with E-state index in [1.807, 2.05) is 0 Å². The molecule has 1 atom stereocenters. The molecule has 0 saturated carbocycles. The molecule has 17 heavy (non-hydrogen) atoms. The molecular formula is C15H24N2. The van der Waals surface area contributed by atoms with Gasteiger partial charge in [-0.25, -0.2) is 0 Å². The number of likely N-dealkylation sites (tertiary alicyclic amines) is 1. The smallest absolute Gasteiger partial charge is 0.0236 e. The summed E-state index contributed by atoms with van der Waals surface area (Å²) in [5.74, 6) is 0. The van der Waals surface area contributed by atoms with E-state index in [1.54, 1.807) is 0 Å². The van der Waals surface area contributed by atoms with Crippen LogP contribution in [0.2, 0.25) is 0 Å². The summed E-state index contributed by atoms with van der Waals surface area (Å²) in [6.45, 7) is 10.0. The Balaban J connectivity index is 2.04. The molecule has 1 fully saturated rings. The van der Waals surface area contributed by atoms with Crippen LogP contribution in [0.3, 0.4) is 0 Å². The van der Waals surface area contributed by atoms with Crippen LogP contribution in [0.1, 0.15) is 31.4 Å². The van der Waals surface area contributed by atoms with Gasteiger partial charge in [-0.3, -0.25) is 4.90 Å². The minimum atomic E-state index is 0.237. The lowest BCUT2D eigenvalue weighted by molar-refractivity contribution is 0.0897. The zero-order valence-corrected chi connectivity index (χ0v) is 11.2. The molecule has 1 aliphatic rings. The van der Waals surface area contributed by atoms with Crippen LogP contribution >= 0.6 is 0 Å². The Bertz CT molecular complexity index is 384. The van der Waals surface area contributed by atoms with Gasteiger partial charge in [0, 0.05) is 25.7 Å². The largest absolute Gasteiger partial charge is 0.327 e. The van der Waals surface area contributed by atoms with Crippen molar-refractivity contribution in [2.45, 2.75) is 39.8 Å². The molecule has 2 N–H and O–H groups in total. The molecule has 1 saturated heterocycles. The highest BCUT2D eigenvalue weighted by atomic mass is 15.1. The fraction of sp³-hybridized carbons (Fsp3) is 0.600. The Morgan fingerprint density at radius 1 is 1.35 bits per heavy atom. The van der Waals surface area contributed by atoms with Gasteiger partial charge in [-0.15, -0.1) is 0 Å². The maximum Gasteiger partial charge on any atom is 0.0236 e. The monoisotopic (exact) mass is 232 g/mol. The van der Waals surface area contributed by atoms with Crippen molar-refractivity contribution in [2.75, 3.05) is 13.1 Å². The SMILES string of the molecule is Cc1ccccc1CN1CCC(N)C(C)(C)C1. The van der Waals surface area contributed by atoms with Crippen molar-refractivity contribution in [3.05, 3.63) is 35.4 Å². The van der Waals surface area contributed by atoms with Gasteiger partial charge in [0.15, 0.2) is 0 Å². The van der Waals surface area contributed by atoms with E-state index < -0.39 is 0 Å². The number of nitrogens with zero attached hydrogens (tertiary/aromatic N) is 1. The molecule has 2 rings (SSSR count). The van der Waals surface area contributed by atoms with Gasteiger partial charge < -0.3 is 5.73 Å². The van der Waals surface area contributed by atoms with Gasteiger partial charge in [0.2, 0.25) is 0 Å². The van der Waals surface area contributed by atoms with Crippen molar-refractivity contribution in [2.24, 2.45) is 11.1 Å². The zero-order valence-electron chi connectivity index (χ0n) is 11.2. The van der Waals surface area contributed by atoms with Crippen LogP contribution in [0.15, 0.2) is 24.3 Å². The third-order valence-electron chi connectivity index (χ3n) is 4.05. The summed E-state index contributed by atoms with van der Waals surface area (Å²) in [5.41, 5.74) is 9.24. The highest BCUT2D eigenvalue weighted by Gasteiger charge is 2.33. The first-order chi connectivity index (χ1) is 7.99. The summed E-state index contributed by atoms with van der Waals surface area (Å²) in [5, 5.41) is 0. The van der Waals surface area contributed by atoms with Crippen molar-refractivity contribution in [3.8, 4) is 0 Å². The normalized spacial score (nSPS) is 24.8. The van der Waals surface area contributed by atoms with Gasteiger partial charge in [0.05, 0.1) is 0 Å². The molecule has 1 heterocycles. The summed E-state index contributed by atoms with van der Waals surface area (Å²) < 4.78 is 0. The van der Waals surface area contributed by atoms with Crippen LogP contribution in [0, 0.1) is 12.3 Å². The van der Waals surface area contributed by atoms with Crippen molar-refractivity contribution < 1.29 is 0 Å². The molecule has 94 valence electrons. The summed E-state index contributed by atoms with van der Waals surface area (Å²) in [6, 6.07) is 9.00. The van der Waals surface area contributed by atoms with Crippen LogP contribution in [-0.2, 0) is 6.54 Å². The van der Waals surface area contributed by atoms with Gasteiger partial charge >= 0.3 is 0 Å². The molecule has 1 aromatic rings.